The van der Waals surface area contributed by atoms with Crippen LogP contribution in [0, 0.1) is 0 Å². The molecule has 0 saturated carbocycles. The van der Waals surface area contributed by atoms with Crippen molar-refractivity contribution in [2.45, 2.75) is 6.61 Å². The molecule has 0 fully saturated rings. The van der Waals surface area contributed by atoms with Gasteiger partial charge in [-0.15, -0.1) is 0 Å². The lowest BCUT2D eigenvalue weighted by Gasteiger charge is -2.07. The monoisotopic (exact) mass is 259 g/mol. The highest BCUT2D eigenvalue weighted by Gasteiger charge is 2.08. The molecule has 1 N–H and O–H groups in total. The molecule has 0 bridgehead atoms. The molecule has 0 radical (unpaired) electrons. The molecule has 2 heterocycles. The Balaban J connectivity index is 2.32. The van der Waals surface area contributed by atoms with E-state index in [-0.39, 0.29) is 6.61 Å². The third kappa shape index (κ3) is 1.85. The smallest absolute Gasteiger partial charge is 0.161 e. The summed E-state index contributed by atoms with van der Waals surface area (Å²) in [5.74, 6) is 0.670. The SMILES string of the molecule is OCc1cc2ccccc2c(-n2cc(Cl)cn2)n1. The Morgan fingerprint density at radius 3 is 2.83 bits per heavy atom. The van der Waals surface area contributed by atoms with Crippen molar-refractivity contribution in [2.75, 3.05) is 0 Å². The second-order valence-corrected chi connectivity index (χ2v) is 4.36. The standard InChI is InChI=1S/C13H10ClN3O/c14-10-6-15-17(7-10)13-12-4-2-1-3-9(12)5-11(8-18)16-13/h1-7,18H,8H2. The Morgan fingerprint density at radius 2 is 2.11 bits per heavy atom. The second-order valence-electron chi connectivity index (χ2n) is 3.92. The van der Waals surface area contributed by atoms with E-state index in [0.717, 1.165) is 10.8 Å². The average Bonchev–Trinajstić information content (AvgIpc) is 2.84. The number of rotatable bonds is 2. The van der Waals surface area contributed by atoms with Gasteiger partial charge in [-0.25, -0.2) is 9.67 Å². The van der Waals surface area contributed by atoms with E-state index in [1.807, 2.05) is 30.3 Å². The summed E-state index contributed by atoms with van der Waals surface area (Å²) in [4.78, 5) is 4.39. The van der Waals surface area contributed by atoms with Gasteiger partial charge >= 0.3 is 0 Å². The predicted molar refractivity (Wildman–Crippen MR) is 69.8 cm³/mol. The fourth-order valence-electron chi connectivity index (χ4n) is 1.91. The maximum Gasteiger partial charge on any atom is 0.161 e. The number of nitrogens with zero attached hydrogens (tertiary/aromatic N) is 3. The Hall–Kier alpha value is -1.91. The summed E-state index contributed by atoms with van der Waals surface area (Å²) in [5.41, 5.74) is 0.607. The van der Waals surface area contributed by atoms with E-state index in [1.165, 1.54) is 0 Å². The first-order valence-corrected chi connectivity index (χ1v) is 5.86. The Kier molecular flexibility index (Phi) is 2.74. The van der Waals surface area contributed by atoms with Crippen LogP contribution in [0.4, 0.5) is 0 Å². The third-order valence-corrected chi connectivity index (χ3v) is 2.90. The molecule has 0 unspecified atom stereocenters. The maximum atomic E-state index is 9.26. The van der Waals surface area contributed by atoms with Crippen LogP contribution in [-0.4, -0.2) is 19.9 Å². The maximum absolute atomic E-state index is 9.26. The molecule has 18 heavy (non-hydrogen) atoms. The number of halogens is 1. The van der Waals surface area contributed by atoms with Crippen molar-refractivity contribution in [3.63, 3.8) is 0 Å². The summed E-state index contributed by atoms with van der Waals surface area (Å²) in [6.45, 7) is -0.104. The minimum absolute atomic E-state index is 0.104. The summed E-state index contributed by atoms with van der Waals surface area (Å²) in [6, 6.07) is 9.70. The van der Waals surface area contributed by atoms with E-state index in [0.29, 0.717) is 16.5 Å². The minimum Gasteiger partial charge on any atom is -0.390 e. The largest absolute Gasteiger partial charge is 0.390 e. The number of fused-ring (bicyclic) bond motifs is 1. The molecule has 0 aliphatic rings. The van der Waals surface area contributed by atoms with Gasteiger partial charge in [0.25, 0.3) is 0 Å². The van der Waals surface area contributed by atoms with Gasteiger partial charge in [-0.3, -0.25) is 0 Å². The zero-order valence-corrected chi connectivity index (χ0v) is 10.2. The first-order valence-electron chi connectivity index (χ1n) is 5.48. The number of pyridine rings is 1. The zero-order chi connectivity index (χ0) is 12.5. The zero-order valence-electron chi connectivity index (χ0n) is 9.42. The molecule has 90 valence electrons. The lowest BCUT2D eigenvalue weighted by atomic mass is 10.1. The average molecular weight is 260 g/mol. The van der Waals surface area contributed by atoms with Crippen molar-refractivity contribution in [3.05, 3.63) is 53.4 Å². The number of hydrogen-bond donors (Lipinski definition) is 1. The van der Waals surface area contributed by atoms with Gasteiger partial charge in [0.2, 0.25) is 0 Å². The number of benzene rings is 1. The molecule has 0 saturated heterocycles. The second kappa shape index (κ2) is 4.40. The van der Waals surface area contributed by atoms with Crippen LogP contribution in [0.15, 0.2) is 42.7 Å². The van der Waals surface area contributed by atoms with Crippen molar-refractivity contribution < 1.29 is 5.11 Å². The van der Waals surface area contributed by atoms with Crippen molar-refractivity contribution >= 4 is 22.4 Å². The molecular weight excluding hydrogens is 250 g/mol. The molecule has 0 amide bonds. The Labute approximate surface area is 108 Å². The number of aliphatic hydroxyl groups is 1. The summed E-state index contributed by atoms with van der Waals surface area (Å²) in [5, 5.41) is 15.9. The first kappa shape index (κ1) is 11.2. The van der Waals surface area contributed by atoms with Crippen LogP contribution in [0.5, 0.6) is 0 Å². The predicted octanol–water partition coefficient (Wildman–Crippen LogP) is 2.57. The van der Waals surface area contributed by atoms with Gasteiger partial charge in [-0.05, 0) is 11.5 Å². The highest BCUT2D eigenvalue weighted by atomic mass is 35.5. The summed E-state index contributed by atoms with van der Waals surface area (Å²) >= 11 is 5.87. The molecule has 0 spiro atoms. The molecule has 4 nitrogen and oxygen atoms in total. The van der Waals surface area contributed by atoms with Gasteiger partial charge in [0.1, 0.15) is 0 Å². The molecule has 1 aromatic carbocycles. The summed E-state index contributed by atoms with van der Waals surface area (Å²) in [6.07, 6.45) is 3.25. The first-order chi connectivity index (χ1) is 8.78. The number of aromatic nitrogens is 3. The third-order valence-electron chi connectivity index (χ3n) is 2.70. The van der Waals surface area contributed by atoms with Gasteiger partial charge in [0.15, 0.2) is 5.82 Å². The fourth-order valence-corrected chi connectivity index (χ4v) is 2.04. The van der Waals surface area contributed by atoms with E-state index in [2.05, 4.69) is 10.1 Å². The molecule has 2 aromatic heterocycles. The summed E-state index contributed by atoms with van der Waals surface area (Å²) < 4.78 is 1.61. The van der Waals surface area contributed by atoms with Crippen molar-refractivity contribution in [3.8, 4) is 5.82 Å². The van der Waals surface area contributed by atoms with E-state index in [4.69, 9.17) is 11.6 Å². The fraction of sp³-hybridized carbons (Fsp3) is 0.0769. The topological polar surface area (TPSA) is 50.9 Å². The van der Waals surface area contributed by atoms with Crippen molar-refractivity contribution in [1.82, 2.24) is 14.8 Å². The Bertz CT molecular complexity index is 708. The van der Waals surface area contributed by atoms with Crippen LogP contribution in [0.2, 0.25) is 5.02 Å². The van der Waals surface area contributed by atoms with Crippen LogP contribution in [0.25, 0.3) is 16.6 Å². The van der Waals surface area contributed by atoms with Crippen LogP contribution in [-0.2, 0) is 6.61 Å². The normalized spacial score (nSPS) is 11.0. The van der Waals surface area contributed by atoms with Gasteiger partial charge < -0.3 is 5.11 Å². The number of aliphatic hydroxyl groups excluding tert-OH is 1. The van der Waals surface area contributed by atoms with E-state index >= 15 is 0 Å². The van der Waals surface area contributed by atoms with E-state index < -0.39 is 0 Å². The molecule has 0 aliphatic carbocycles. The highest BCUT2D eigenvalue weighted by molar-refractivity contribution is 6.30. The lowest BCUT2D eigenvalue weighted by molar-refractivity contribution is 0.277. The van der Waals surface area contributed by atoms with Crippen molar-refractivity contribution in [1.29, 1.82) is 0 Å². The highest BCUT2D eigenvalue weighted by Crippen LogP contribution is 2.22. The van der Waals surface area contributed by atoms with E-state index in [1.54, 1.807) is 17.1 Å². The van der Waals surface area contributed by atoms with Gasteiger partial charge in [-0.1, -0.05) is 35.9 Å². The molecule has 0 aliphatic heterocycles. The minimum atomic E-state index is -0.104. The quantitative estimate of drug-likeness (QED) is 0.770. The van der Waals surface area contributed by atoms with Gasteiger partial charge in [0, 0.05) is 5.39 Å². The van der Waals surface area contributed by atoms with E-state index in [9.17, 15) is 5.11 Å². The van der Waals surface area contributed by atoms with Crippen LogP contribution in [0.3, 0.4) is 0 Å². The Morgan fingerprint density at radius 1 is 1.28 bits per heavy atom. The molecular formula is C13H10ClN3O. The van der Waals surface area contributed by atoms with Crippen LogP contribution < -0.4 is 0 Å². The lowest BCUT2D eigenvalue weighted by Crippen LogP contribution is -2.02. The molecule has 3 rings (SSSR count). The van der Waals surface area contributed by atoms with Gasteiger partial charge in [-0.2, -0.15) is 5.10 Å². The van der Waals surface area contributed by atoms with Crippen LogP contribution >= 0.6 is 11.6 Å². The molecule has 3 aromatic rings. The molecule has 0 atom stereocenters. The molecule has 5 heteroatoms. The number of hydrogen-bond acceptors (Lipinski definition) is 3. The van der Waals surface area contributed by atoms with Gasteiger partial charge in [0.05, 0.1) is 29.7 Å². The summed E-state index contributed by atoms with van der Waals surface area (Å²) in [7, 11) is 0. The van der Waals surface area contributed by atoms with Crippen LogP contribution in [0.1, 0.15) is 5.69 Å². The van der Waals surface area contributed by atoms with Crippen molar-refractivity contribution in [2.24, 2.45) is 0 Å².